The van der Waals surface area contributed by atoms with Crippen molar-refractivity contribution in [1.29, 1.82) is 0 Å². The van der Waals surface area contributed by atoms with Gasteiger partial charge in [-0.05, 0) is 118 Å². The molecule has 43 heavy (non-hydrogen) atoms. The van der Waals surface area contributed by atoms with Crippen LogP contribution in [0, 0.1) is 0 Å². The first-order valence-corrected chi connectivity index (χ1v) is 45.5. The van der Waals surface area contributed by atoms with Gasteiger partial charge in [-0.25, -0.2) is 0 Å². The summed E-state index contributed by atoms with van der Waals surface area (Å²) in [6.45, 7) is 44.5. The molecule has 260 valence electrons. The second-order valence-electron chi connectivity index (χ2n) is 16.6. The molecule has 0 unspecified atom stereocenters. The zero-order valence-electron chi connectivity index (χ0n) is 31.8. The molecule has 0 radical (unpaired) electrons. The molecule has 0 saturated heterocycles. The fraction of sp³-hybridized carbons (Fsp3) is 1.00. The molecular weight excluding hydrogens is 713 g/mol. The molecule has 0 aliphatic rings. The first-order chi connectivity index (χ1) is 18.5. The van der Waals surface area contributed by atoms with Crippen LogP contribution < -0.4 is 0 Å². The normalized spacial score (nSPS) is 15.8. The SMILES string of the molecule is CCCC[Si](C)(C)[Si](C)(C)O[Si](C)(C)O[Si](C)(C)O[Si](C)(C)O[Si](C)(C)O[Si](C)(C)O[Si](C)(C)O[Si](C)(C)O[Si](C)(C)O. The molecule has 0 fully saturated rings. The van der Waals surface area contributed by atoms with E-state index >= 15 is 0 Å². The monoisotopic (exact) mass is 782 g/mol. The van der Waals surface area contributed by atoms with E-state index in [1.165, 1.54) is 18.9 Å². The van der Waals surface area contributed by atoms with Gasteiger partial charge in [0.05, 0.1) is 7.59 Å². The van der Waals surface area contributed by atoms with Crippen LogP contribution in [0.4, 0.5) is 0 Å². The Morgan fingerprint density at radius 3 is 0.837 bits per heavy atom. The lowest BCUT2D eigenvalue weighted by Crippen LogP contribution is -2.64. The molecule has 19 heteroatoms. The van der Waals surface area contributed by atoms with Crippen molar-refractivity contribution in [3.8, 4) is 0 Å². The van der Waals surface area contributed by atoms with Gasteiger partial charge in [-0.1, -0.05) is 38.9 Å². The van der Waals surface area contributed by atoms with Gasteiger partial charge in [0.25, 0.3) is 0 Å². The standard InChI is InChI=1S/C24H70O9Si10/c1-22-23-24-34(2,3)43(20,21)33-42(18,19)32-41(16,17)31-40(14,15)30-39(12,13)29-38(10,11)28-37(8,9)27-36(6,7)26-35(4,5)25/h25H,22-24H2,1-21H3. The van der Waals surface area contributed by atoms with Gasteiger partial charge in [-0.2, -0.15) is 0 Å². The third-order valence-corrected chi connectivity index (χ3v) is 54.6. The lowest BCUT2D eigenvalue weighted by molar-refractivity contribution is 0.257. The van der Waals surface area contributed by atoms with Crippen LogP contribution >= 0.6 is 0 Å². The minimum Gasteiger partial charge on any atom is -0.439 e. The smallest absolute Gasteiger partial charge is 0.320 e. The van der Waals surface area contributed by atoms with Crippen LogP contribution in [0.3, 0.4) is 0 Å². The number of rotatable bonds is 20. The van der Waals surface area contributed by atoms with Crippen molar-refractivity contribution in [2.75, 3.05) is 0 Å². The highest BCUT2D eigenvalue weighted by molar-refractivity contribution is 7.39. The molecule has 0 aliphatic carbocycles. The Kier molecular flexibility index (Phi) is 15.8. The van der Waals surface area contributed by atoms with Gasteiger partial charge in [0.1, 0.15) is 0 Å². The van der Waals surface area contributed by atoms with Gasteiger partial charge in [0, 0.05) is 0 Å². The van der Waals surface area contributed by atoms with E-state index in [-0.39, 0.29) is 0 Å². The highest BCUT2D eigenvalue weighted by Gasteiger charge is 2.51. The topological polar surface area (TPSA) is 94.1 Å². The third-order valence-electron chi connectivity index (χ3n) is 6.73. The molecule has 0 spiro atoms. The van der Waals surface area contributed by atoms with Crippen LogP contribution in [0.15, 0.2) is 0 Å². The molecule has 0 bridgehead atoms. The fourth-order valence-corrected chi connectivity index (χ4v) is 57.9. The van der Waals surface area contributed by atoms with Crippen LogP contribution in [0.25, 0.3) is 0 Å². The van der Waals surface area contributed by atoms with Gasteiger partial charge in [0.2, 0.25) is 0 Å². The first-order valence-electron chi connectivity index (χ1n) is 15.8. The molecule has 0 atom stereocenters. The minimum atomic E-state index is -2.72. The third kappa shape index (κ3) is 18.8. The summed E-state index contributed by atoms with van der Waals surface area (Å²) in [5.41, 5.74) is 0. The zero-order valence-corrected chi connectivity index (χ0v) is 41.8. The van der Waals surface area contributed by atoms with Crippen LogP contribution in [-0.4, -0.2) is 88.7 Å². The molecule has 1 N–H and O–H groups in total. The van der Waals surface area contributed by atoms with Crippen molar-refractivity contribution in [3.05, 3.63) is 0 Å². The molecule has 9 nitrogen and oxygen atoms in total. The average Bonchev–Trinajstić information content (AvgIpc) is 2.56. The lowest BCUT2D eigenvalue weighted by Gasteiger charge is -2.46. The first kappa shape index (κ1) is 44.8. The molecule has 0 rings (SSSR count). The number of hydrogen-bond donors (Lipinski definition) is 1. The van der Waals surface area contributed by atoms with E-state index in [1.807, 2.05) is 39.3 Å². The molecule has 0 amide bonds. The maximum atomic E-state index is 10.3. The Morgan fingerprint density at radius 2 is 0.605 bits per heavy atom. The summed E-state index contributed by atoms with van der Waals surface area (Å²) in [7, 11) is -24.3. The van der Waals surface area contributed by atoms with E-state index < -0.39 is 83.9 Å². The molecule has 0 saturated carbocycles. The van der Waals surface area contributed by atoms with E-state index in [4.69, 9.17) is 32.9 Å². The highest BCUT2D eigenvalue weighted by atomic mass is 29.3. The second kappa shape index (κ2) is 15.1. The summed E-state index contributed by atoms with van der Waals surface area (Å²) in [5, 5.41) is 0. The predicted molar refractivity (Wildman–Crippen MR) is 205 cm³/mol. The van der Waals surface area contributed by atoms with Crippen molar-refractivity contribution in [2.24, 2.45) is 0 Å². The summed E-state index contributed by atoms with van der Waals surface area (Å²) < 4.78 is 53.1. The summed E-state index contributed by atoms with van der Waals surface area (Å²) >= 11 is 0. The van der Waals surface area contributed by atoms with Gasteiger partial charge >= 0.3 is 68.5 Å². The Labute approximate surface area is 277 Å². The Morgan fingerprint density at radius 1 is 0.372 bits per heavy atom. The summed E-state index contributed by atoms with van der Waals surface area (Å²) in [6.07, 6.45) is 2.51. The van der Waals surface area contributed by atoms with Gasteiger partial charge < -0.3 is 37.7 Å². The van der Waals surface area contributed by atoms with Gasteiger partial charge in [-0.3, -0.25) is 0 Å². The average molecular weight is 784 g/mol. The Bertz CT molecular complexity index is 889. The van der Waals surface area contributed by atoms with Crippen molar-refractivity contribution in [2.45, 2.75) is 157 Å². The molecule has 0 aromatic heterocycles. The Balaban J connectivity index is 5.50. The van der Waals surface area contributed by atoms with Gasteiger partial charge in [0.15, 0.2) is 7.83 Å². The number of unbranched alkanes of at least 4 members (excludes halogenated alkanes) is 1. The van der Waals surface area contributed by atoms with Crippen molar-refractivity contribution >= 4 is 83.9 Å². The van der Waals surface area contributed by atoms with Crippen LogP contribution in [0.2, 0.25) is 137 Å². The number of hydrogen-bond acceptors (Lipinski definition) is 9. The zero-order chi connectivity index (χ0) is 34.8. The van der Waals surface area contributed by atoms with E-state index in [0.717, 1.165) is 0 Å². The minimum absolute atomic E-state index is 1.23. The van der Waals surface area contributed by atoms with E-state index in [2.05, 4.69) is 85.5 Å². The molecular formula is C24H70O9Si10. The van der Waals surface area contributed by atoms with E-state index in [0.29, 0.717) is 0 Å². The molecule has 0 heterocycles. The fourth-order valence-electron chi connectivity index (χ4n) is 5.97. The maximum Gasteiger partial charge on any atom is 0.320 e. The van der Waals surface area contributed by atoms with Crippen molar-refractivity contribution in [3.63, 3.8) is 0 Å². The van der Waals surface area contributed by atoms with Crippen molar-refractivity contribution < 1.29 is 37.7 Å². The molecule has 0 aromatic carbocycles. The van der Waals surface area contributed by atoms with E-state index in [1.54, 1.807) is 13.1 Å². The summed E-state index contributed by atoms with van der Waals surface area (Å²) in [4.78, 5) is 10.3. The summed E-state index contributed by atoms with van der Waals surface area (Å²) in [6, 6.07) is 1.31. The van der Waals surface area contributed by atoms with Crippen LogP contribution in [0.1, 0.15) is 19.8 Å². The van der Waals surface area contributed by atoms with Crippen LogP contribution in [-0.2, 0) is 32.9 Å². The quantitative estimate of drug-likeness (QED) is 0.122. The molecule has 0 aliphatic heterocycles. The van der Waals surface area contributed by atoms with Gasteiger partial charge in [-0.15, -0.1) is 0 Å². The van der Waals surface area contributed by atoms with Crippen molar-refractivity contribution in [1.82, 2.24) is 0 Å². The summed E-state index contributed by atoms with van der Waals surface area (Å²) in [5.74, 6) is 0. The Hall–Kier alpha value is 1.81. The maximum absolute atomic E-state index is 10.3. The largest absolute Gasteiger partial charge is 0.439 e. The predicted octanol–water partition coefficient (Wildman–Crippen LogP) is 8.52. The van der Waals surface area contributed by atoms with E-state index in [9.17, 15) is 4.80 Å². The van der Waals surface area contributed by atoms with Crippen LogP contribution in [0.5, 0.6) is 0 Å². The highest BCUT2D eigenvalue weighted by Crippen LogP contribution is 2.32. The molecule has 0 aromatic rings. The second-order valence-corrected chi connectivity index (χ2v) is 60.5. The lowest BCUT2D eigenvalue weighted by atomic mass is 10.4.